The largest absolute Gasteiger partial charge is 0.390 e. The summed E-state index contributed by atoms with van der Waals surface area (Å²) in [5.74, 6) is 1.51. The maximum Gasteiger partial charge on any atom is 0.0786 e. The molecule has 0 aromatic carbocycles. The Bertz CT molecular complexity index is 158. The van der Waals surface area contributed by atoms with Gasteiger partial charge in [-0.15, -0.1) is 0 Å². The minimum absolute atomic E-state index is 0.340. The predicted octanol–water partition coefficient (Wildman–Crippen LogP) is -0.339. The lowest BCUT2D eigenvalue weighted by Crippen LogP contribution is -2.36. The third-order valence-corrected chi connectivity index (χ3v) is 3.38. The zero-order chi connectivity index (χ0) is 11.1. The molecule has 15 heavy (non-hydrogen) atoms. The van der Waals surface area contributed by atoms with Gasteiger partial charge in [0, 0.05) is 13.1 Å². The topological polar surface area (TPSA) is 84.3 Å². The molecule has 0 heterocycles. The summed E-state index contributed by atoms with van der Waals surface area (Å²) in [6, 6.07) is 0. The van der Waals surface area contributed by atoms with E-state index in [1.54, 1.807) is 0 Å². The maximum absolute atomic E-state index is 9.26. The van der Waals surface area contributed by atoms with Gasteiger partial charge in [0.15, 0.2) is 0 Å². The highest BCUT2D eigenvalue weighted by Crippen LogP contribution is 2.27. The molecule has 4 nitrogen and oxygen atoms in total. The van der Waals surface area contributed by atoms with Crippen LogP contribution in [0.1, 0.15) is 25.7 Å². The van der Waals surface area contributed by atoms with Crippen molar-refractivity contribution in [1.82, 2.24) is 5.32 Å². The van der Waals surface area contributed by atoms with Crippen molar-refractivity contribution in [3.8, 4) is 0 Å². The van der Waals surface area contributed by atoms with Gasteiger partial charge >= 0.3 is 0 Å². The molecule has 4 heteroatoms. The van der Waals surface area contributed by atoms with Crippen LogP contribution in [-0.4, -0.2) is 37.4 Å². The van der Waals surface area contributed by atoms with Gasteiger partial charge in [0.1, 0.15) is 0 Å². The molecule has 6 N–H and O–H groups in total. The first-order valence-electron chi connectivity index (χ1n) is 6.05. The number of aliphatic hydroxyl groups excluding tert-OH is 1. The fourth-order valence-electron chi connectivity index (χ4n) is 2.21. The van der Waals surface area contributed by atoms with Crippen LogP contribution in [0.2, 0.25) is 0 Å². The van der Waals surface area contributed by atoms with Crippen molar-refractivity contribution in [3.63, 3.8) is 0 Å². The minimum atomic E-state index is -0.398. The molecule has 0 bridgehead atoms. The van der Waals surface area contributed by atoms with Crippen LogP contribution in [0.5, 0.6) is 0 Å². The van der Waals surface area contributed by atoms with Crippen LogP contribution in [-0.2, 0) is 0 Å². The molecule has 0 amide bonds. The summed E-state index contributed by atoms with van der Waals surface area (Å²) < 4.78 is 0. The highest BCUT2D eigenvalue weighted by molar-refractivity contribution is 4.75. The van der Waals surface area contributed by atoms with E-state index in [4.69, 9.17) is 11.5 Å². The van der Waals surface area contributed by atoms with Crippen LogP contribution < -0.4 is 16.8 Å². The van der Waals surface area contributed by atoms with E-state index in [1.807, 2.05) is 0 Å². The molecule has 1 saturated carbocycles. The Hall–Kier alpha value is -0.160. The average molecular weight is 215 g/mol. The predicted molar refractivity (Wildman–Crippen MR) is 62.4 cm³/mol. The van der Waals surface area contributed by atoms with E-state index in [2.05, 4.69) is 5.32 Å². The normalized spacial score (nSPS) is 29.0. The van der Waals surface area contributed by atoms with Gasteiger partial charge in [-0.3, -0.25) is 0 Å². The van der Waals surface area contributed by atoms with Gasteiger partial charge in [-0.1, -0.05) is 0 Å². The average Bonchev–Trinajstić information content (AvgIpc) is 2.29. The number of rotatable bonds is 6. The number of hydrogen-bond donors (Lipinski definition) is 4. The van der Waals surface area contributed by atoms with E-state index in [9.17, 15) is 5.11 Å². The summed E-state index contributed by atoms with van der Waals surface area (Å²) in [7, 11) is 0. The fourth-order valence-corrected chi connectivity index (χ4v) is 2.21. The molecule has 0 aliphatic heterocycles. The van der Waals surface area contributed by atoms with E-state index < -0.39 is 6.10 Å². The lowest BCUT2D eigenvalue weighted by atomic mass is 9.82. The first-order chi connectivity index (χ1) is 7.26. The van der Waals surface area contributed by atoms with E-state index >= 15 is 0 Å². The minimum Gasteiger partial charge on any atom is -0.390 e. The number of hydrogen-bond acceptors (Lipinski definition) is 4. The summed E-state index contributed by atoms with van der Waals surface area (Å²) in [6.07, 6.45) is 4.68. The summed E-state index contributed by atoms with van der Waals surface area (Å²) in [5.41, 5.74) is 11.0. The van der Waals surface area contributed by atoms with Crippen molar-refractivity contribution in [3.05, 3.63) is 0 Å². The van der Waals surface area contributed by atoms with Crippen LogP contribution in [0, 0.1) is 11.8 Å². The Morgan fingerprint density at radius 3 is 2.27 bits per heavy atom. The Morgan fingerprint density at radius 1 is 1.13 bits per heavy atom. The first kappa shape index (κ1) is 12.9. The van der Waals surface area contributed by atoms with Crippen molar-refractivity contribution in [2.24, 2.45) is 23.3 Å². The van der Waals surface area contributed by atoms with Crippen LogP contribution in [0.15, 0.2) is 0 Å². The Labute approximate surface area is 92.4 Å². The van der Waals surface area contributed by atoms with Crippen LogP contribution in [0.3, 0.4) is 0 Å². The smallest absolute Gasteiger partial charge is 0.0786 e. The molecule has 1 fully saturated rings. The second kappa shape index (κ2) is 7.17. The number of aliphatic hydroxyl groups is 1. The van der Waals surface area contributed by atoms with Crippen molar-refractivity contribution < 1.29 is 5.11 Å². The van der Waals surface area contributed by atoms with Crippen LogP contribution in [0.4, 0.5) is 0 Å². The highest BCUT2D eigenvalue weighted by atomic mass is 16.3. The zero-order valence-electron chi connectivity index (χ0n) is 9.49. The second-order valence-electron chi connectivity index (χ2n) is 4.67. The molecule has 1 unspecified atom stereocenters. The Balaban J connectivity index is 2.03. The van der Waals surface area contributed by atoms with Gasteiger partial charge < -0.3 is 21.9 Å². The van der Waals surface area contributed by atoms with Crippen LogP contribution >= 0.6 is 0 Å². The summed E-state index contributed by atoms with van der Waals surface area (Å²) in [4.78, 5) is 0. The summed E-state index contributed by atoms with van der Waals surface area (Å²) in [6.45, 7) is 2.81. The van der Waals surface area contributed by atoms with Gasteiger partial charge in [-0.2, -0.15) is 0 Å². The summed E-state index contributed by atoms with van der Waals surface area (Å²) >= 11 is 0. The highest BCUT2D eigenvalue weighted by Gasteiger charge is 2.19. The molecule has 0 radical (unpaired) electrons. The molecular formula is C11H25N3O. The van der Waals surface area contributed by atoms with Crippen molar-refractivity contribution in [1.29, 1.82) is 0 Å². The lowest BCUT2D eigenvalue weighted by Gasteiger charge is -2.28. The molecule has 1 atom stereocenters. The fraction of sp³-hybridized carbons (Fsp3) is 1.00. The SMILES string of the molecule is NCC(O)CNCC1CCC(CN)CC1. The molecule has 1 aliphatic carbocycles. The number of nitrogens with two attached hydrogens (primary N) is 2. The lowest BCUT2D eigenvalue weighted by molar-refractivity contribution is 0.174. The first-order valence-corrected chi connectivity index (χ1v) is 6.05. The monoisotopic (exact) mass is 215 g/mol. The molecule has 0 spiro atoms. The van der Waals surface area contributed by atoms with Gasteiger partial charge in [0.05, 0.1) is 6.10 Å². The van der Waals surface area contributed by atoms with E-state index in [1.165, 1.54) is 25.7 Å². The Morgan fingerprint density at radius 2 is 1.73 bits per heavy atom. The van der Waals surface area contributed by atoms with Gasteiger partial charge in [-0.05, 0) is 50.6 Å². The Kier molecular flexibility index (Phi) is 6.17. The van der Waals surface area contributed by atoms with Crippen molar-refractivity contribution in [2.75, 3.05) is 26.2 Å². The second-order valence-corrected chi connectivity index (χ2v) is 4.67. The van der Waals surface area contributed by atoms with E-state index in [-0.39, 0.29) is 0 Å². The standard InChI is InChI=1S/C11H25N3O/c12-5-9-1-3-10(4-2-9)7-14-8-11(15)6-13/h9-11,14-15H,1-8,12-13H2. The maximum atomic E-state index is 9.26. The molecule has 0 saturated heterocycles. The molecule has 0 aromatic heterocycles. The van der Waals surface area contributed by atoms with E-state index in [0.717, 1.165) is 24.9 Å². The summed E-state index contributed by atoms with van der Waals surface area (Å²) in [5, 5.41) is 12.5. The quantitative estimate of drug-likeness (QED) is 0.488. The van der Waals surface area contributed by atoms with Gasteiger partial charge in [0.2, 0.25) is 0 Å². The number of nitrogens with one attached hydrogen (secondary N) is 1. The molecular weight excluding hydrogens is 190 g/mol. The third-order valence-electron chi connectivity index (χ3n) is 3.38. The molecule has 0 aromatic rings. The zero-order valence-corrected chi connectivity index (χ0v) is 9.49. The van der Waals surface area contributed by atoms with Gasteiger partial charge in [0.25, 0.3) is 0 Å². The molecule has 1 rings (SSSR count). The third kappa shape index (κ3) is 4.93. The molecule has 90 valence electrons. The molecule has 1 aliphatic rings. The van der Waals surface area contributed by atoms with E-state index in [0.29, 0.717) is 13.1 Å². The van der Waals surface area contributed by atoms with Crippen LogP contribution in [0.25, 0.3) is 0 Å². The van der Waals surface area contributed by atoms with Crippen molar-refractivity contribution >= 4 is 0 Å². The van der Waals surface area contributed by atoms with Gasteiger partial charge in [-0.25, -0.2) is 0 Å². The van der Waals surface area contributed by atoms with Crippen molar-refractivity contribution in [2.45, 2.75) is 31.8 Å².